The van der Waals surface area contributed by atoms with Gasteiger partial charge in [0.1, 0.15) is 11.9 Å². The molecule has 25 heavy (non-hydrogen) atoms. The number of nitriles is 1. The van der Waals surface area contributed by atoms with Crippen LogP contribution in [0.3, 0.4) is 0 Å². The molecule has 4 nitrogen and oxygen atoms in total. The highest BCUT2D eigenvalue weighted by Crippen LogP contribution is 2.37. The van der Waals surface area contributed by atoms with Gasteiger partial charge in [-0.25, -0.2) is 8.42 Å². The van der Waals surface area contributed by atoms with Crippen LogP contribution in [0.15, 0.2) is 53.4 Å². The van der Waals surface area contributed by atoms with Crippen LogP contribution in [-0.4, -0.2) is 19.8 Å². The molecule has 0 radical (unpaired) electrons. The summed E-state index contributed by atoms with van der Waals surface area (Å²) in [6.45, 7) is 0. The number of halogens is 2. The minimum absolute atomic E-state index is 0.102. The maximum atomic E-state index is 12.9. The van der Waals surface area contributed by atoms with E-state index in [0.717, 1.165) is 0 Å². The maximum absolute atomic E-state index is 12.9. The van der Waals surface area contributed by atoms with Gasteiger partial charge in [-0.3, -0.25) is 0 Å². The lowest BCUT2D eigenvalue weighted by Crippen LogP contribution is -2.22. The highest BCUT2D eigenvalue weighted by molar-refractivity contribution is 7.92. The van der Waals surface area contributed by atoms with E-state index in [1.165, 1.54) is 6.07 Å². The average Bonchev–Trinajstić information content (AvgIpc) is 3.01. The zero-order valence-corrected chi connectivity index (χ0v) is 15.4. The normalized spacial score (nSPS) is 23.2. The zero-order chi connectivity index (χ0) is 18.0. The van der Waals surface area contributed by atoms with E-state index in [4.69, 9.17) is 27.9 Å². The summed E-state index contributed by atoms with van der Waals surface area (Å²) in [5.74, 6) is 0.0587. The first-order chi connectivity index (χ1) is 11.9. The van der Waals surface area contributed by atoms with Gasteiger partial charge >= 0.3 is 0 Å². The molecule has 0 aromatic heterocycles. The lowest BCUT2D eigenvalue weighted by Gasteiger charge is -2.16. The standard InChI is InChI=1S/C18H15Cl2NO3S/c19-13-5-7-14(8-6-13)24-17-10-15(9-12(17)11-21)25(22,23)18-4-2-1-3-16(18)20/h1-8,12,15,17H,9-10H2/t12-,15?,17?/m1/s1. The second-order valence-corrected chi connectivity index (χ2v) is 8.95. The minimum Gasteiger partial charge on any atom is -0.489 e. The fourth-order valence-electron chi connectivity index (χ4n) is 3.02. The van der Waals surface area contributed by atoms with E-state index < -0.39 is 27.1 Å². The number of hydrogen-bond donors (Lipinski definition) is 0. The number of benzene rings is 2. The summed E-state index contributed by atoms with van der Waals surface area (Å²) in [7, 11) is -3.63. The van der Waals surface area contributed by atoms with Crippen molar-refractivity contribution < 1.29 is 13.2 Å². The van der Waals surface area contributed by atoms with E-state index in [2.05, 4.69) is 6.07 Å². The van der Waals surface area contributed by atoms with E-state index >= 15 is 0 Å². The van der Waals surface area contributed by atoms with Crippen LogP contribution in [0, 0.1) is 17.2 Å². The predicted octanol–water partition coefficient (Wildman–Crippen LogP) is 4.52. The number of ether oxygens (including phenoxy) is 1. The van der Waals surface area contributed by atoms with Gasteiger partial charge in [0.05, 0.1) is 27.2 Å². The first kappa shape index (κ1) is 18.1. The van der Waals surface area contributed by atoms with Crippen LogP contribution < -0.4 is 4.74 Å². The van der Waals surface area contributed by atoms with Gasteiger partial charge in [-0.05, 0) is 42.8 Å². The number of sulfone groups is 1. The number of hydrogen-bond acceptors (Lipinski definition) is 4. The molecule has 1 aliphatic carbocycles. The van der Waals surface area contributed by atoms with Crippen LogP contribution in [0.25, 0.3) is 0 Å². The first-order valence-corrected chi connectivity index (χ1v) is 10.0. The number of nitrogens with zero attached hydrogens (tertiary/aromatic N) is 1. The highest BCUT2D eigenvalue weighted by Gasteiger charge is 2.43. The van der Waals surface area contributed by atoms with Crippen LogP contribution in [-0.2, 0) is 9.84 Å². The van der Waals surface area contributed by atoms with Crippen molar-refractivity contribution in [2.45, 2.75) is 29.1 Å². The molecule has 0 saturated heterocycles. The molecule has 130 valence electrons. The summed E-state index contributed by atoms with van der Waals surface area (Å²) in [6, 6.07) is 15.3. The largest absolute Gasteiger partial charge is 0.489 e. The van der Waals surface area contributed by atoms with Crippen molar-refractivity contribution in [2.75, 3.05) is 0 Å². The highest BCUT2D eigenvalue weighted by atomic mass is 35.5. The van der Waals surface area contributed by atoms with E-state index in [0.29, 0.717) is 10.8 Å². The Morgan fingerprint density at radius 2 is 1.72 bits per heavy atom. The fraction of sp³-hybridized carbons (Fsp3) is 0.278. The van der Waals surface area contributed by atoms with Gasteiger partial charge in [-0.2, -0.15) is 5.26 Å². The topological polar surface area (TPSA) is 67.2 Å². The van der Waals surface area contributed by atoms with Gasteiger partial charge in [-0.15, -0.1) is 0 Å². The number of rotatable bonds is 4. The van der Waals surface area contributed by atoms with Crippen LogP contribution in [0.4, 0.5) is 0 Å². The van der Waals surface area contributed by atoms with Crippen molar-refractivity contribution in [1.82, 2.24) is 0 Å². The monoisotopic (exact) mass is 395 g/mol. The molecule has 1 fully saturated rings. The molecular formula is C18H15Cl2NO3S. The Morgan fingerprint density at radius 3 is 2.36 bits per heavy atom. The molecule has 3 rings (SSSR count). The van der Waals surface area contributed by atoms with Gasteiger partial charge in [0.2, 0.25) is 0 Å². The second-order valence-electron chi connectivity index (χ2n) is 5.91. The van der Waals surface area contributed by atoms with Crippen molar-refractivity contribution in [3.8, 4) is 11.8 Å². The summed E-state index contributed by atoms with van der Waals surface area (Å²) in [4.78, 5) is 0.102. The minimum atomic E-state index is -3.63. The molecule has 2 aromatic carbocycles. The molecular weight excluding hydrogens is 381 g/mol. The maximum Gasteiger partial charge on any atom is 0.182 e. The molecule has 0 bridgehead atoms. The van der Waals surface area contributed by atoms with Gasteiger partial charge in [0, 0.05) is 11.4 Å². The Morgan fingerprint density at radius 1 is 1.04 bits per heavy atom. The predicted molar refractivity (Wildman–Crippen MR) is 96.6 cm³/mol. The second kappa shape index (κ2) is 7.25. The van der Waals surface area contributed by atoms with Gasteiger partial charge in [-0.1, -0.05) is 35.3 Å². The molecule has 2 aromatic rings. The third-order valence-corrected chi connectivity index (χ3v) is 7.23. The van der Waals surface area contributed by atoms with E-state index in [9.17, 15) is 13.7 Å². The summed E-state index contributed by atoms with van der Waals surface area (Å²) in [6.07, 6.45) is -0.0232. The van der Waals surface area contributed by atoms with Crippen LogP contribution in [0.2, 0.25) is 10.0 Å². The Balaban J connectivity index is 1.83. The van der Waals surface area contributed by atoms with Crippen molar-refractivity contribution in [3.63, 3.8) is 0 Å². The molecule has 3 atom stereocenters. The van der Waals surface area contributed by atoms with Gasteiger partial charge in [0.25, 0.3) is 0 Å². The summed E-state index contributed by atoms with van der Waals surface area (Å²) >= 11 is 11.9. The SMILES string of the molecule is N#C[C@H]1CC(S(=O)(=O)c2ccccc2Cl)CC1Oc1ccc(Cl)cc1. The molecule has 0 spiro atoms. The lowest BCUT2D eigenvalue weighted by atomic mass is 10.1. The Bertz CT molecular complexity index is 907. The van der Waals surface area contributed by atoms with Crippen molar-refractivity contribution in [1.29, 1.82) is 5.26 Å². The summed E-state index contributed by atoms with van der Waals surface area (Å²) < 4.78 is 31.6. The average molecular weight is 396 g/mol. The quantitative estimate of drug-likeness (QED) is 0.762. The summed E-state index contributed by atoms with van der Waals surface area (Å²) in [5.41, 5.74) is 0. The molecule has 0 heterocycles. The van der Waals surface area contributed by atoms with Crippen LogP contribution >= 0.6 is 23.2 Å². The summed E-state index contributed by atoms with van der Waals surface area (Å²) in [5, 5.41) is 9.47. The fourth-order valence-corrected chi connectivity index (χ4v) is 5.47. The first-order valence-electron chi connectivity index (χ1n) is 7.72. The van der Waals surface area contributed by atoms with E-state index in [1.807, 2.05) is 0 Å². The molecule has 0 N–H and O–H groups in total. The van der Waals surface area contributed by atoms with E-state index in [-0.39, 0.29) is 22.8 Å². The molecule has 7 heteroatoms. The molecule has 0 aliphatic heterocycles. The van der Waals surface area contributed by atoms with E-state index in [1.54, 1.807) is 42.5 Å². The third-order valence-electron chi connectivity index (χ3n) is 4.31. The van der Waals surface area contributed by atoms with Gasteiger partial charge in [0.15, 0.2) is 9.84 Å². The van der Waals surface area contributed by atoms with Gasteiger partial charge < -0.3 is 4.74 Å². The Labute approximate surface area is 156 Å². The molecule has 2 unspecified atom stereocenters. The molecule has 1 aliphatic rings. The zero-order valence-electron chi connectivity index (χ0n) is 13.1. The van der Waals surface area contributed by atoms with Crippen LogP contribution in [0.5, 0.6) is 5.75 Å². The Kier molecular flexibility index (Phi) is 5.24. The third kappa shape index (κ3) is 3.77. The molecule has 1 saturated carbocycles. The van der Waals surface area contributed by atoms with Crippen LogP contribution in [0.1, 0.15) is 12.8 Å². The Hall–Kier alpha value is -1.74. The van der Waals surface area contributed by atoms with Crippen molar-refractivity contribution in [3.05, 3.63) is 58.6 Å². The molecule has 0 amide bonds. The lowest BCUT2D eigenvalue weighted by molar-refractivity contribution is 0.183. The van der Waals surface area contributed by atoms with Crippen molar-refractivity contribution in [2.24, 2.45) is 5.92 Å². The smallest absolute Gasteiger partial charge is 0.182 e. The van der Waals surface area contributed by atoms with Crippen molar-refractivity contribution >= 4 is 33.0 Å².